The van der Waals surface area contributed by atoms with Gasteiger partial charge in [0.05, 0.1) is 0 Å². The first kappa shape index (κ1) is 13.8. The number of nitrogens with two attached hydrogens (primary N) is 1. The summed E-state index contributed by atoms with van der Waals surface area (Å²) in [5.41, 5.74) is 6.06. The summed E-state index contributed by atoms with van der Waals surface area (Å²) in [7, 11) is 2.10. The van der Waals surface area contributed by atoms with Crippen molar-refractivity contribution in [1.82, 2.24) is 4.98 Å². The summed E-state index contributed by atoms with van der Waals surface area (Å²) in [6.07, 6.45) is 6.41. The molecule has 1 aliphatic rings. The highest BCUT2D eigenvalue weighted by Crippen LogP contribution is 2.30. The van der Waals surface area contributed by atoms with Crippen LogP contribution in [0, 0.1) is 11.3 Å². The number of hydrogen-bond acceptors (Lipinski definition) is 3. The van der Waals surface area contributed by atoms with Gasteiger partial charge in [0.15, 0.2) is 0 Å². The predicted molar refractivity (Wildman–Crippen MR) is 79.7 cm³/mol. The molecule has 0 bridgehead atoms. The lowest BCUT2D eigenvalue weighted by atomic mass is 9.84. The quantitative estimate of drug-likeness (QED) is 0.646. The molecule has 1 saturated carbocycles. The highest BCUT2D eigenvalue weighted by molar-refractivity contribution is 5.93. The van der Waals surface area contributed by atoms with E-state index < -0.39 is 0 Å². The van der Waals surface area contributed by atoms with Gasteiger partial charge < -0.3 is 10.6 Å². The lowest BCUT2D eigenvalue weighted by Gasteiger charge is -2.35. The molecule has 0 radical (unpaired) electrons. The molecule has 0 aliphatic heterocycles. The Morgan fingerprint density at radius 3 is 2.63 bits per heavy atom. The van der Waals surface area contributed by atoms with Gasteiger partial charge in [-0.25, -0.2) is 4.98 Å². The molecular weight excluding hydrogens is 236 g/mol. The van der Waals surface area contributed by atoms with Crippen molar-refractivity contribution in [2.24, 2.45) is 11.7 Å². The summed E-state index contributed by atoms with van der Waals surface area (Å²) in [5.74, 6) is 1.86. The second-order valence-electron chi connectivity index (χ2n) is 5.49. The molecule has 1 heterocycles. The Balaban J connectivity index is 2.05. The summed E-state index contributed by atoms with van der Waals surface area (Å²) >= 11 is 0. The standard InChI is InChI=1S/C15H24N4/c1-3-11-7-9-12(10-8-11)19(2)14-6-4-5-13(18-14)15(16)17/h4-6,11-12H,3,7-10H2,1-2H3,(H3,16,17). The van der Waals surface area contributed by atoms with Crippen LogP contribution in [0.2, 0.25) is 0 Å². The molecule has 1 aromatic rings. The molecule has 104 valence electrons. The van der Waals surface area contributed by atoms with Gasteiger partial charge in [-0.15, -0.1) is 0 Å². The van der Waals surface area contributed by atoms with Crippen molar-refractivity contribution >= 4 is 11.7 Å². The topological polar surface area (TPSA) is 66.0 Å². The van der Waals surface area contributed by atoms with E-state index in [1.54, 1.807) is 6.07 Å². The van der Waals surface area contributed by atoms with Crippen molar-refractivity contribution in [3.05, 3.63) is 23.9 Å². The molecular formula is C15H24N4. The van der Waals surface area contributed by atoms with E-state index in [-0.39, 0.29) is 5.84 Å². The third-order valence-electron chi connectivity index (χ3n) is 4.31. The first-order valence-corrected chi connectivity index (χ1v) is 7.16. The molecule has 2 rings (SSSR count). The summed E-state index contributed by atoms with van der Waals surface area (Å²) in [4.78, 5) is 6.71. The van der Waals surface area contributed by atoms with Crippen LogP contribution in [0.15, 0.2) is 18.2 Å². The van der Waals surface area contributed by atoms with Crippen molar-refractivity contribution in [3.63, 3.8) is 0 Å². The second-order valence-corrected chi connectivity index (χ2v) is 5.49. The summed E-state index contributed by atoms with van der Waals surface area (Å²) < 4.78 is 0. The Bertz CT molecular complexity index is 436. The van der Waals surface area contributed by atoms with Gasteiger partial charge >= 0.3 is 0 Å². The van der Waals surface area contributed by atoms with Gasteiger partial charge in [0.2, 0.25) is 0 Å². The van der Waals surface area contributed by atoms with E-state index in [4.69, 9.17) is 11.1 Å². The van der Waals surface area contributed by atoms with Gasteiger partial charge in [-0.05, 0) is 43.7 Å². The van der Waals surface area contributed by atoms with Gasteiger partial charge in [0.1, 0.15) is 17.3 Å². The molecule has 1 aliphatic carbocycles. The fourth-order valence-corrected chi connectivity index (χ4v) is 2.90. The first-order valence-electron chi connectivity index (χ1n) is 7.16. The Labute approximate surface area is 115 Å². The lowest BCUT2D eigenvalue weighted by molar-refractivity contribution is 0.313. The van der Waals surface area contributed by atoms with Crippen molar-refractivity contribution in [1.29, 1.82) is 5.41 Å². The number of hydrogen-bond donors (Lipinski definition) is 2. The normalized spacial score (nSPS) is 23.1. The Hall–Kier alpha value is -1.58. The van der Waals surface area contributed by atoms with Crippen LogP contribution in [0.3, 0.4) is 0 Å². The monoisotopic (exact) mass is 260 g/mol. The van der Waals surface area contributed by atoms with Gasteiger partial charge in [0, 0.05) is 13.1 Å². The highest BCUT2D eigenvalue weighted by atomic mass is 15.2. The number of pyridine rings is 1. The molecule has 0 saturated heterocycles. The third kappa shape index (κ3) is 3.25. The lowest BCUT2D eigenvalue weighted by Crippen LogP contribution is -2.35. The number of nitrogen functional groups attached to an aromatic ring is 1. The van der Waals surface area contributed by atoms with Crippen molar-refractivity contribution in [2.75, 3.05) is 11.9 Å². The van der Waals surface area contributed by atoms with Crippen LogP contribution < -0.4 is 10.6 Å². The van der Waals surface area contributed by atoms with Crippen molar-refractivity contribution in [2.45, 2.75) is 45.1 Å². The number of aromatic nitrogens is 1. The van der Waals surface area contributed by atoms with Crippen LogP contribution in [0.4, 0.5) is 5.82 Å². The molecule has 0 aromatic carbocycles. The summed E-state index contributed by atoms with van der Waals surface area (Å²) in [6.45, 7) is 2.28. The minimum absolute atomic E-state index is 0.0324. The maximum absolute atomic E-state index is 7.47. The average Bonchev–Trinajstić information content (AvgIpc) is 2.46. The van der Waals surface area contributed by atoms with Crippen molar-refractivity contribution < 1.29 is 0 Å². The van der Waals surface area contributed by atoms with Gasteiger partial charge in [-0.2, -0.15) is 0 Å². The molecule has 1 aromatic heterocycles. The maximum atomic E-state index is 7.47. The van der Waals surface area contributed by atoms with E-state index >= 15 is 0 Å². The van der Waals surface area contributed by atoms with Gasteiger partial charge in [-0.3, -0.25) is 5.41 Å². The number of amidine groups is 1. The molecule has 1 fully saturated rings. The number of rotatable bonds is 4. The van der Waals surface area contributed by atoms with Crippen LogP contribution in [-0.4, -0.2) is 23.9 Å². The zero-order valence-corrected chi connectivity index (χ0v) is 11.9. The van der Waals surface area contributed by atoms with Crippen LogP contribution >= 0.6 is 0 Å². The molecule has 4 heteroatoms. The minimum atomic E-state index is 0.0324. The van der Waals surface area contributed by atoms with E-state index in [0.29, 0.717) is 11.7 Å². The minimum Gasteiger partial charge on any atom is -0.382 e. The van der Waals surface area contributed by atoms with Gasteiger partial charge in [0.25, 0.3) is 0 Å². The summed E-state index contributed by atoms with van der Waals surface area (Å²) in [6, 6.07) is 6.27. The van der Waals surface area contributed by atoms with Crippen LogP contribution in [-0.2, 0) is 0 Å². The Morgan fingerprint density at radius 1 is 1.37 bits per heavy atom. The third-order valence-corrected chi connectivity index (χ3v) is 4.31. The number of nitrogens with zero attached hydrogens (tertiary/aromatic N) is 2. The molecule has 0 spiro atoms. The summed E-state index contributed by atoms with van der Waals surface area (Å²) in [5, 5.41) is 7.47. The molecule has 19 heavy (non-hydrogen) atoms. The van der Waals surface area contributed by atoms with E-state index in [2.05, 4.69) is 23.9 Å². The molecule has 0 unspecified atom stereocenters. The molecule has 0 atom stereocenters. The van der Waals surface area contributed by atoms with Crippen molar-refractivity contribution in [3.8, 4) is 0 Å². The number of nitrogens with one attached hydrogen (secondary N) is 1. The van der Waals surface area contributed by atoms with Crippen LogP contribution in [0.5, 0.6) is 0 Å². The van der Waals surface area contributed by atoms with E-state index in [1.807, 2.05) is 12.1 Å². The Kier molecular flexibility index (Phi) is 4.40. The fraction of sp³-hybridized carbons (Fsp3) is 0.600. The Morgan fingerprint density at radius 2 is 2.05 bits per heavy atom. The highest BCUT2D eigenvalue weighted by Gasteiger charge is 2.23. The smallest absolute Gasteiger partial charge is 0.141 e. The molecule has 0 amide bonds. The largest absolute Gasteiger partial charge is 0.382 e. The van der Waals surface area contributed by atoms with E-state index in [9.17, 15) is 0 Å². The van der Waals surface area contributed by atoms with E-state index in [1.165, 1.54) is 32.1 Å². The molecule has 4 nitrogen and oxygen atoms in total. The first-order chi connectivity index (χ1) is 9.11. The second kappa shape index (κ2) is 6.04. The van der Waals surface area contributed by atoms with Gasteiger partial charge in [-0.1, -0.05) is 19.4 Å². The zero-order chi connectivity index (χ0) is 13.8. The fourth-order valence-electron chi connectivity index (χ4n) is 2.90. The zero-order valence-electron chi connectivity index (χ0n) is 11.9. The average molecular weight is 260 g/mol. The maximum Gasteiger partial charge on any atom is 0.141 e. The van der Waals surface area contributed by atoms with Crippen LogP contribution in [0.25, 0.3) is 0 Å². The predicted octanol–water partition coefficient (Wildman–Crippen LogP) is 2.77. The SMILES string of the molecule is CCC1CCC(N(C)c2cccc(C(=N)N)n2)CC1. The molecule has 3 N–H and O–H groups in total. The van der Waals surface area contributed by atoms with Crippen LogP contribution in [0.1, 0.15) is 44.7 Å². The van der Waals surface area contributed by atoms with E-state index in [0.717, 1.165) is 11.7 Å². The number of anilines is 1.